The van der Waals surface area contributed by atoms with Crippen molar-refractivity contribution >= 4 is 28.3 Å². The largest absolute Gasteiger partial charge is 0.351 e. The Morgan fingerprint density at radius 1 is 1.55 bits per heavy atom. The average molecular weight is 292 g/mol. The van der Waals surface area contributed by atoms with E-state index in [4.69, 9.17) is 0 Å². The molecule has 104 valence electrons. The van der Waals surface area contributed by atoms with E-state index in [-0.39, 0.29) is 18.4 Å². The first-order valence-corrected chi connectivity index (χ1v) is 6.94. The van der Waals surface area contributed by atoms with Crippen LogP contribution in [0.1, 0.15) is 21.8 Å². The van der Waals surface area contributed by atoms with E-state index in [2.05, 4.69) is 25.7 Å². The number of nitrogens with zero attached hydrogens (tertiary/aromatic N) is 4. The Morgan fingerprint density at radius 2 is 2.45 bits per heavy atom. The zero-order valence-electron chi connectivity index (χ0n) is 10.5. The minimum absolute atomic E-state index is 0.0659. The van der Waals surface area contributed by atoms with Gasteiger partial charge in [0.2, 0.25) is 5.91 Å². The van der Waals surface area contributed by atoms with Gasteiger partial charge < -0.3 is 10.6 Å². The van der Waals surface area contributed by atoms with E-state index < -0.39 is 0 Å². The highest BCUT2D eigenvalue weighted by Gasteiger charge is 2.21. The van der Waals surface area contributed by atoms with Gasteiger partial charge in [0.1, 0.15) is 24.1 Å². The summed E-state index contributed by atoms with van der Waals surface area (Å²) in [6.45, 7) is 0.729. The van der Waals surface area contributed by atoms with Crippen LogP contribution in [-0.2, 0) is 17.8 Å². The summed E-state index contributed by atoms with van der Waals surface area (Å²) in [4.78, 5) is 32.2. The highest BCUT2D eigenvalue weighted by Crippen LogP contribution is 2.25. The molecule has 0 saturated heterocycles. The third-order valence-electron chi connectivity index (χ3n) is 2.80. The Kier molecular flexibility index (Phi) is 3.42. The number of rotatable bonds is 3. The number of amides is 2. The molecular weight excluding hydrogens is 280 g/mol. The summed E-state index contributed by atoms with van der Waals surface area (Å²) in [6.07, 6.45) is 4.42. The molecule has 0 saturated carbocycles. The lowest BCUT2D eigenvalue weighted by molar-refractivity contribution is -0.116. The highest BCUT2D eigenvalue weighted by molar-refractivity contribution is 7.17. The van der Waals surface area contributed by atoms with Crippen molar-refractivity contribution in [3.05, 3.63) is 23.2 Å². The van der Waals surface area contributed by atoms with Crippen LogP contribution in [0.4, 0.5) is 5.13 Å². The van der Waals surface area contributed by atoms with E-state index in [9.17, 15) is 9.59 Å². The normalized spacial score (nSPS) is 14.3. The number of fused-ring (bicyclic) bond motifs is 1. The van der Waals surface area contributed by atoms with E-state index in [0.29, 0.717) is 16.6 Å². The van der Waals surface area contributed by atoms with Crippen LogP contribution >= 0.6 is 11.3 Å². The Hall–Kier alpha value is -2.29. The summed E-state index contributed by atoms with van der Waals surface area (Å²) in [6, 6.07) is 0. The average Bonchev–Trinajstić information content (AvgIpc) is 3.01. The maximum atomic E-state index is 11.8. The van der Waals surface area contributed by atoms with E-state index >= 15 is 0 Å². The maximum absolute atomic E-state index is 11.8. The molecule has 3 rings (SSSR count). The van der Waals surface area contributed by atoms with Crippen molar-refractivity contribution in [2.24, 2.45) is 0 Å². The molecule has 0 fully saturated rings. The molecule has 2 N–H and O–H groups in total. The molecule has 0 spiro atoms. The number of hydrogen-bond donors (Lipinski definition) is 2. The smallest absolute Gasteiger partial charge is 0.263 e. The van der Waals surface area contributed by atoms with Gasteiger partial charge in [-0.3, -0.25) is 9.59 Å². The standard InChI is InChI=1S/C11H12N6O2S/c18-8(4-17-6-12-5-14-17)16-11-15-7-2-1-3-13-10(19)9(7)20-11/h5-6H,1-4H2,(H,13,19)(H,15,16,18). The van der Waals surface area contributed by atoms with Gasteiger partial charge in [-0.1, -0.05) is 11.3 Å². The minimum Gasteiger partial charge on any atom is -0.351 e. The second kappa shape index (κ2) is 5.37. The number of anilines is 1. The molecule has 20 heavy (non-hydrogen) atoms. The monoisotopic (exact) mass is 292 g/mol. The Bertz CT molecular complexity index is 635. The molecule has 1 aliphatic rings. The van der Waals surface area contributed by atoms with Crippen LogP contribution in [0.3, 0.4) is 0 Å². The molecule has 9 heteroatoms. The molecule has 0 aromatic carbocycles. The van der Waals surface area contributed by atoms with Crippen molar-refractivity contribution in [3.8, 4) is 0 Å². The zero-order chi connectivity index (χ0) is 13.9. The summed E-state index contributed by atoms with van der Waals surface area (Å²) in [5.74, 6) is -0.369. The highest BCUT2D eigenvalue weighted by atomic mass is 32.1. The fourth-order valence-electron chi connectivity index (χ4n) is 1.91. The third-order valence-corrected chi connectivity index (χ3v) is 3.81. The van der Waals surface area contributed by atoms with Crippen molar-refractivity contribution < 1.29 is 9.59 Å². The first kappa shape index (κ1) is 12.7. The molecule has 2 amide bonds. The lowest BCUT2D eigenvalue weighted by Crippen LogP contribution is -2.21. The SMILES string of the molecule is O=C(Cn1cncn1)Nc1nc2c(s1)C(=O)NCCC2. The number of hydrogen-bond acceptors (Lipinski definition) is 6. The van der Waals surface area contributed by atoms with Crippen LogP contribution in [0.25, 0.3) is 0 Å². The molecule has 0 atom stereocenters. The number of carbonyl (C=O) groups is 2. The van der Waals surface area contributed by atoms with Crippen LogP contribution in [0.5, 0.6) is 0 Å². The maximum Gasteiger partial charge on any atom is 0.263 e. The van der Waals surface area contributed by atoms with Crippen molar-refractivity contribution in [1.82, 2.24) is 25.1 Å². The van der Waals surface area contributed by atoms with E-state index in [1.807, 2.05) is 0 Å². The number of carbonyl (C=O) groups excluding carboxylic acids is 2. The quantitative estimate of drug-likeness (QED) is 0.832. The zero-order valence-corrected chi connectivity index (χ0v) is 11.3. The van der Waals surface area contributed by atoms with Gasteiger partial charge in [0.25, 0.3) is 5.91 Å². The van der Waals surface area contributed by atoms with Crippen molar-refractivity contribution in [2.75, 3.05) is 11.9 Å². The van der Waals surface area contributed by atoms with Gasteiger partial charge in [-0.25, -0.2) is 14.6 Å². The van der Waals surface area contributed by atoms with E-state index in [1.165, 1.54) is 28.7 Å². The minimum atomic E-state index is -0.250. The molecule has 0 bridgehead atoms. The molecule has 8 nitrogen and oxygen atoms in total. The molecule has 0 aliphatic carbocycles. The lowest BCUT2D eigenvalue weighted by Gasteiger charge is -2.01. The van der Waals surface area contributed by atoms with E-state index in [0.717, 1.165) is 18.5 Å². The van der Waals surface area contributed by atoms with Gasteiger partial charge in [0, 0.05) is 6.54 Å². The summed E-state index contributed by atoms with van der Waals surface area (Å²) < 4.78 is 1.42. The van der Waals surface area contributed by atoms with Gasteiger partial charge in [-0.05, 0) is 12.8 Å². The molecule has 1 aliphatic heterocycles. The van der Waals surface area contributed by atoms with Crippen molar-refractivity contribution in [3.63, 3.8) is 0 Å². The van der Waals surface area contributed by atoms with Gasteiger partial charge in [0.05, 0.1) is 5.69 Å². The molecule has 2 aromatic rings. The van der Waals surface area contributed by atoms with Gasteiger partial charge in [-0.2, -0.15) is 5.10 Å². The summed E-state index contributed by atoms with van der Waals surface area (Å²) in [5.41, 5.74) is 0.751. The molecule has 0 unspecified atom stereocenters. The Labute approximate surface area is 118 Å². The van der Waals surface area contributed by atoms with Crippen LogP contribution in [0.15, 0.2) is 12.7 Å². The van der Waals surface area contributed by atoms with Gasteiger partial charge >= 0.3 is 0 Å². The predicted molar refractivity (Wildman–Crippen MR) is 71.4 cm³/mol. The molecular formula is C11H12N6O2S. The first-order valence-electron chi connectivity index (χ1n) is 6.12. The summed E-state index contributed by atoms with van der Waals surface area (Å²) in [7, 11) is 0. The van der Waals surface area contributed by atoms with Crippen LogP contribution < -0.4 is 10.6 Å². The molecule has 2 aromatic heterocycles. The Morgan fingerprint density at radius 3 is 3.25 bits per heavy atom. The van der Waals surface area contributed by atoms with E-state index in [1.54, 1.807) is 0 Å². The van der Waals surface area contributed by atoms with Gasteiger partial charge in [0.15, 0.2) is 5.13 Å². The summed E-state index contributed by atoms with van der Waals surface area (Å²) in [5, 5.41) is 9.77. The number of thiazole rings is 1. The second-order valence-corrected chi connectivity index (χ2v) is 5.29. The van der Waals surface area contributed by atoms with Crippen LogP contribution in [0.2, 0.25) is 0 Å². The second-order valence-electron chi connectivity index (χ2n) is 4.30. The molecule has 0 radical (unpaired) electrons. The van der Waals surface area contributed by atoms with Crippen LogP contribution in [0, 0.1) is 0 Å². The van der Waals surface area contributed by atoms with Crippen molar-refractivity contribution in [2.45, 2.75) is 19.4 Å². The van der Waals surface area contributed by atoms with Crippen molar-refractivity contribution in [1.29, 1.82) is 0 Å². The first-order chi connectivity index (χ1) is 9.72. The number of aryl methyl sites for hydroxylation is 1. The van der Waals surface area contributed by atoms with Crippen LogP contribution in [-0.4, -0.2) is 38.1 Å². The predicted octanol–water partition coefficient (Wildman–Crippen LogP) is 0.0493. The van der Waals surface area contributed by atoms with Gasteiger partial charge in [-0.15, -0.1) is 0 Å². The summed E-state index contributed by atoms with van der Waals surface area (Å²) >= 11 is 1.20. The fourth-order valence-corrected chi connectivity index (χ4v) is 2.85. The molecule has 3 heterocycles. The third kappa shape index (κ3) is 2.67. The number of aromatic nitrogens is 4. The fraction of sp³-hybridized carbons (Fsp3) is 0.364. The lowest BCUT2D eigenvalue weighted by atomic mass is 10.2. The Balaban J connectivity index is 1.70. The topological polar surface area (TPSA) is 102 Å². The number of nitrogens with one attached hydrogen (secondary N) is 2.